The number of carbonyl (C=O) groups is 3. The van der Waals surface area contributed by atoms with Gasteiger partial charge in [0.1, 0.15) is 17.6 Å². The normalized spacial score (nSPS) is 23.9. The number of amides is 3. The van der Waals surface area contributed by atoms with E-state index in [-0.39, 0.29) is 35.5 Å². The molecule has 0 aromatic heterocycles. The van der Waals surface area contributed by atoms with Crippen LogP contribution in [0.5, 0.6) is 11.5 Å². The fourth-order valence-electron chi connectivity index (χ4n) is 5.98. The molecule has 15 heteroatoms. The van der Waals surface area contributed by atoms with Crippen molar-refractivity contribution in [3.8, 4) is 11.5 Å². The van der Waals surface area contributed by atoms with Gasteiger partial charge in [0.25, 0.3) is 5.91 Å². The van der Waals surface area contributed by atoms with Crippen molar-refractivity contribution in [3.05, 3.63) is 52.7 Å². The monoisotopic (exact) mass is 730 g/mol. The van der Waals surface area contributed by atoms with E-state index in [9.17, 15) is 29.7 Å². The van der Waals surface area contributed by atoms with Crippen molar-refractivity contribution >= 4 is 35.5 Å². The summed E-state index contributed by atoms with van der Waals surface area (Å²) in [6, 6.07) is 1.12. The lowest BCUT2D eigenvalue weighted by Gasteiger charge is -2.28. The van der Waals surface area contributed by atoms with Gasteiger partial charge in [0, 0.05) is 50.4 Å². The van der Waals surface area contributed by atoms with Crippen molar-refractivity contribution in [2.45, 2.75) is 71.4 Å². The summed E-state index contributed by atoms with van der Waals surface area (Å²) < 4.78 is 27.4. The molecule has 15 nitrogen and oxygen atoms in total. The van der Waals surface area contributed by atoms with Gasteiger partial charge in [-0.15, -0.1) is 0 Å². The molecule has 2 aliphatic heterocycles. The molecular formula is C37H54N4O11. The molecule has 52 heavy (non-hydrogen) atoms. The average Bonchev–Trinajstić information content (AvgIpc) is 3.11. The van der Waals surface area contributed by atoms with Crippen LogP contribution in [-0.2, 0) is 28.5 Å². The van der Waals surface area contributed by atoms with Crippen LogP contribution in [0.25, 0.3) is 6.08 Å². The number of aliphatic hydroxyl groups excluding tert-OH is 1. The summed E-state index contributed by atoms with van der Waals surface area (Å²) in [6.07, 6.45) is 4.03. The van der Waals surface area contributed by atoms with Crippen LogP contribution in [0, 0.1) is 5.92 Å². The number of fused-ring (bicyclic) bond motifs is 2. The molecule has 0 saturated carbocycles. The second kappa shape index (κ2) is 20.6. The third kappa shape index (κ3) is 12.4. The number of aliphatic hydroxyl groups is 1. The van der Waals surface area contributed by atoms with Crippen LogP contribution in [0.1, 0.15) is 52.5 Å². The molecule has 0 spiro atoms. The number of morpholine rings is 1. The standard InChI is InChI=1S/C37H54N4O11/c1-22-18-26-31(40-37(47)51-15-8-7-12-41-13-16-50-17-14-41)28(42)21-27(33(26)44)39-35(45)23(2)10-9-11-29(48-5)34(52-36(38)46)25(4)20-24(3)32(43)30(19-22)49-6/h9-11,18,20-21,24,29-30,32,34,42-44H,7-8,12-17,19H2,1-6H3,(H2,38,46)(H,39,45)(H,40,47)/t24-,29-,30-,32+,34-/m0/s1. The predicted octanol–water partition coefficient (Wildman–Crippen LogP) is 4.44. The number of hydrogen-bond acceptors (Lipinski definition) is 12. The Morgan fingerprint density at radius 3 is 2.48 bits per heavy atom. The summed E-state index contributed by atoms with van der Waals surface area (Å²) in [7, 11) is 2.87. The summed E-state index contributed by atoms with van der Waals surface area (Å²) >= 11 is 0. The lowest BCUT2D eigenvalue weighted by Crippen LogP contribution is -2.36. The Balaban J connectivity index is 1.97. The number of unbranched alkanes of at least 4 members (excludes halogenated alkanes) is 1. The first-order valence-electron chi connectivity index (χ1n) is 17.3. The maximum Gasteiger partial charge on any atom is 0.411 e. The number of methoxy groups -OCH3 is 2. The highest BCUT2D eigenvalue weighted by Gasteiger charge is 2.29. The van der Waals surface area contributed by atoms with E-state index in [0.717, 1.165) is 32.1 Å². The summed E-state index contributed by atoms with van der Waals surface area (Å²) in [4.78, 5) is 40.2. The van der Waals surface area contributed by atoms with Crippen molar-refractivity contribution in [1.82, 2.24) is 4.90 Å². The molecule has 0 aliphatic carbocycles. The van der Waals surface area contributed by atoms with Gasteiger partial charge in [0.15, 0.2) is 6.10 Å². The lowest BCUT2D eigenvalue weighted by atomic mass is 9.91. The number of anilines is 2. The van der Waals surface area contributed by atoms with E-state index < -0.39 is 59.9 Å². The zero-order valence-corrected chi connectivity index (χ0v) is 30.8. The van der Waals surface area contributed by atoms with Gasteiger partial charge in [-0.1, -0.05) is 36.8 Å². The Labute approximate surface area is 305 Å². The van der Waals surface area contributed by atoms with E-state index in [4.69, 9.17) is 29.4 Å². The number of benzene rings is 1. The van der Waals surface area contributed by atoms with Crippen LogP contribution in [0.2, 0.25) is 0 Å². The summed E-state index contributed by atoms with van der Waals surface area (Å²) in [6.45, 7) is 10.9. The van der Waals surface area contributed by atoms with Crippen molar-refractivity contribution in [1.29, 1.82) is 0 Å². The minimum Gasteiger partial charge on any atom is -0.506 e. The quantitative estimate of drug-likeness (QED) is 0.0901. The van der Waals surface area contributed by atoms with Gasteiger partial charge in [-0.2, -0.15) is 0 Å². The van der Waals surface area contributed by atoms with Crippen LogP contribution in [0.15, 0.2) is 47.1 Å². The molecule has 1 fully saturated rings. The molecule has 1 saturated heterocycles. The van der Waals surface area contributed by atoms with E-state index >= 15 is 0 Å². The third-order valence-corrected chi connectivity index (χ3v) is 8.93. The van der Waals surface area contributed by atoms with Crippen LogP contribution in [0.3, 0.4) is 0 Å². The number of ether oxygens (including phenoxy) is 5. The molecule has 1 aromatic rings. The zero-order chi connectivity index (χ0) is 38.4. The van der Waals surface area contributed by atoms with E-state index in [1.807, 2.05) is 0 Å². The number of nitrogens with one attached hydrogen (secondary N) is 2. The Bertz CT molecular complexity index is 1520. The number of carbonyl (C=O) groups excluding carboxylic acids is 3. The first-order valence-corrected chi connectivity index (χ1v) is 17.3. The van der Waals surface area contributed by atoms with E-state index in [1.54, 1.807) is 32.9 Å². The number of aromatic hydroxyl groups is 2. The zero-order valence-electron chi connectivity index (χ0n) is 30.8. The minimum absolute atomic E-state index is 0.000905. The number of phenols is 2. The molecule has 2 heterocycles. The molecule has 5 atom stereocenters. The molecule has 0 unspecified atom stereocenters. The first-order chi connectivity index (χ1) is 24.7. The molecule has 3 amide bonds. The maximum atomic E-state index is 13.2. The van der Waals surface area contributed by atoms with Gasteiger partial charge in [-0.05, 0) is 58.2 Å². The van der Waals surface area contributed by atoms with Crippen molar-refractivity contribution in [2.75, 3.05) is 64.3 Å². The number of rotatable bonds is 9. The molecule has 3 rings (SSSR count). The minimum atomic E-state index is -1.05. The van der Waals surface area contributed by atoms with Crippen molar-refractivity contribution < 1.29 is 53.4 Å². The van der Waals surface area contributed by atoms with Gasteiger partial charge < -0.3 is 50.1 Å². The first kappa shape index (κ1) is 42.0. The average molecular weight is 731 g/mol. The van der Waals surface area contributed by atoms with Gasteiger partial charge in [0.05, 0.1) is 43.4 Å². The van der Waals surface area contributed by atoms with Crippen molar-refractivity contribution in [2.24, 2.45) is 11.7 Å². The largest absolute Gasteiger partial charge is 0.506 e. The third-order valence-electron chi connectivity index (χ3n) is 8.93. The highest BCUT2D eigenvalue weighted by molar-refractivity contribution is 6.06. The predicted molar refractivity (Wildman–Crippen MR) is 196 cm³/mol. The molecule has 288 valence electrons. The van der Waals surface area contributed by atoms with E-state index in [0.29, 0.717) is 30.8 Å². The number of hydrogen-bond donors (Lipinski definition) is 6. The molecule has 2 bridgehead atoms. The van der Waals surface area contributed by atoms with Gasteiger partial charge in [-0.3, -0.25) is 15.0 Å². The molecule has 2 aliphatic rings. The van der Waals surface area contributed by atoms with E-state index in [1.165, 1.54) is 39.4 Å². The number of allylic oxidation sites excluding steroid dienone is 2. The van der Waals surface area contributed by atoms with Gasteiger partial charge >= 0.3 is 12.2 Å². The van der Waals surface area contributed by atoms with Crippen LogP contribution in [0.4, 0.5) is 21.0 Å². The van der Waals surface area contributed by atoms with Gasteiger partial charge in [0.2, 0.25) is 0 Å². The second-order valence-electron chi connectivity index (χ2n) is 13.0. The topological polar surface area (TPSA) is 211 Å². The van der Waals surface area contributed by atoms with Crippen molar-refractivity contribution in [3.63, 3.8) is 0 Å². The summed E-state index contributed by atoms with van der Waals surface area (Å²) in [5.41, 5.74) is 6.47. The highest BCUT2D eigenvalue weighted by atomic mass is 16.6. The summed E-state index contributed by atoms with van der Waals surface area (Å²) in [5.74, 6) is -1.98. The molecule has 0 radical (unpaired) electrons. The SMILES string of the molecule is CO[C@H]1C=CC=C(C)C(=O)Nc2cc(O)c(NC(=O)OCCCCN3CCOCC3)c(c2O)C=C(C)C[C@H](OC)[C@H](O)[C@@H](C)C=C(C)[C@@H]1OC(N)=O. The highest BCUT2D eigenvalue weighted by Crippen LogP contribution is 2.42. The summed E-state index contributed by atoms with van der Waals surface area (Å²) in [5, 5.41) is 39.0. The number of phenolic OH excluding ortho intramolecular Hbond substituents is 2. The Hall–Kier alpha value is -4.41. The Morgan fingerprint density at radius 2 is 1.83 bits per heavy atom. The maximum absolute atomic E-state index is 13.2. The number of nitrogens with two attached hydrogens (primary N) is 1. The number of primary amides is 1. The Kier molecular flexibility index (Phi) is 16.6. The Morgan fingerprint density at radius 1 is 1.12 bits per heavy atom. The van der Waals surface area contributed by atoms with Gasteiger partial charge in [-0.25, -0.2) is 9.59 Å². The lowest BCUT2D eigenvalue weighted by molar-refractivity contribution is -0.112. The molecule has 1 aromatic carbocycles. The molecular weight excluding hydrogens is 676 g/mol. The fraction of sp³-hybridized carbons (Fsp3) is 0.541. The van der Waals surface area contributed by atoms with Crippen LogP contribution < -0.4 is 16.4 Å². The second-order valence-corrected chi connectivity index (χ2v) is 13.0. The molecule has 7 N–H and O–H groups in total. The smallest absolute Gasteiger partial charge is 0.411 e. The number of nitrogens with zero attached hydrogens (tertiary/aromatic N) is 1. The van der Waals surface area contributed by atoms with E-state index in [2.05, 4.69) is 15.5 Å². The van der Waals surface area contributed by atoms with Crippen LogP contribution in [-0.4, -0.2) is 116 Å². The van der Waals surface area contributed by atoms with Crippen LogP contribution >= 0.6 is 0 Å². The fourth-order valence-corrected chi connectivity index (χ4v) is 5.98.